The van der Waals surface area contributed by atoms with Crippen LogP contribution in [0.5, 0.6) is 0 Å². The van der Waals surface area contributed by atoms with E-state index in [1.54, 1.807) is 19.1 Å². The molecule has 1 rings (SSSR count). The predicted octanol–water partition coefficient (Wildman–Crippen LogP) is 2.43. The van der Waals surface area contributed by atoms with E-state index in [0.717, 1.165) is 6.54 Å². The molecule has 0 unspecified atom stereocenters. The van der Waals surface area contributed by atoms with Gasteiger partial charge in [0.2, 0.25) is 0 Å². The Hall–Kier alpha value is -0.960. The van der Waals surface area contributed by atoms with Crippen molar-refractivity contribution in [1.82, 2.24) is 5.32 Å². The van der Waals surface area contributed by atoms with Crippen molar-refractivity contribution < 1.29 is 8.78 Å². The summed E-state index contributed by atoms with van der Waals surface area (Å²) in [6.45, 7) is 5.06. The van der Waals surface area contributed by atoms with Gasteiger partial charge in [0.05, 0.1) is 0 Å². The first-order valence-corrected chi connectivity index (χ1v) is 4.81. The minimum absolute atomic E-state index is 0.356. The van der Waals surface area contributed by atoms with Crippen molar-refractivity contribution in [2.45, 2.75) is 20.3 Å². The SMILES string of the molecule is CCNCCc1ccc(C)c(F)c1F. The van der Waals surface area contributed by atoms with Gasteiger partial charge in [0, 0.05) is 0 Å². The largest absolute Gasteiger partial charge is 0.317 e. The number of benzene rings is 1. The maximum absolute atomic E-state index is 13.3. The van der Waals surface area contributed by atoms with Crippen LogP contribution in [0.2, 0.25) is 0 Å². The van der Waals surface area contributed by atoms with E-state index in [4.69, 9.17) is 0 Å². The first-order chi connectivity index (χ1) is 6.66. The number of aryl methyl sites for hydroxylation is 1. The molecular formula is C11H15F2N. The lowest BCUT2D eigenvalue weighted by Gasteiger charge is -2.06. The number of likely N-dealkylation sites (N-methyl/N-ethyl adjacent to an activating group) is 1. The summed E-state index contributed by atoms with van der Waals surface area (Å²) in [6.07, 6.45) is 0.525. The fraction of sp³-hybridized carbons (Fsp3) is 0.455. The van der Waals surface area contributed by atoms with Crippen molar-refractivity contribution in [3.05, 3.63) is 34.9 Å². The van der Waals surface area contributed by atoms with Crippen LogP contribution in [0.4, 0.5) is 8.78 Å². The lowest BCUT2D eigenvalue weighted by Crippen LogP contribution is -2.16. The standard InChI is InChI=1S/C11H15F2N/c1-3-14-7-6-9-5-4-8(2)10(12)11(9)13/h4-5,14H,3,6-7H2,1-2H3. The van der Waals surface area contributed by atoms with Crippen LogP contribution in [0.15, 0.2) is 12.1 Å². The fourth-order valence-electron chi connectivity index (χ4n) is 1.28. The van der Waals surface area contributed by atoms with E-state index in [2.05, 4.69) is 5.32 Å². The minimum atomic E-state index is -0.723. The molecule has 0 aliphatic rings. The van der Waals surface area contributed by atoms with Gasteiger partial charge in [-0.1, -0.05) is 19.1 Å². The maximum atomic E-state index is 13.3. The van der Waals surface area contributed by atoms with Gasteiger partial charge >= 0.3 is 0 Å². The van der Waals surface area contributed by atoms with Crippen LogP contribution < -0.4 is 5.32 Å². The Morgan fingerprint density at radius 2 is 1.93 bits per heavy atom. The summed E-state index contributed by atoms with van der Waals surface area (Å²) >= 11 is 0. The molecule has 1 aromatic carbocycles. The molecule has 0 aliphatic carbocycles. The van der Waals surface area contributed by atoms with Gasteiger partial charge < -0.3 is 5.32 Å². The minimum Gasteiger partial charge on any atom is -0.317 e. The number of hydrogen-bond acceptors (Lipinski definition) is 1. The smallest absolute Gasteiger partial charge is 0.162 e. The van der Waals surface area contributed by atoms with E-state index < -0.39 is 11.6 Å². The molecule has 0 saturated heterocycles. The zero-order valence-corrected chi connectivity index (χ0v) is 8.53. The van der Waals surface area contributed by atoms with Crippen LogP contribution in [0, 0.1) is 18.6 Å². The Labute approximate surface area is 83.1 Å². The Balaban J connectivity index is 2.73. The molecule has 14 heavy (non-hydrogen) atoms. The third kappa shape index (κ3) is 2.51. The summed E-state index contributed by atoms with van der Waals surface area (Å²) in [5.41, 5.74) is 0.795. The highest BCUT2D eigenvalue weighted by Crippen LogP contribution is 2.15. The topological polar surface area (TPSA) is 12.0 Å². The molecule has 0 saturated carbocycles. The third-order valence-electron chi connectivity index (χ3n) is 2.18. The maximum Gasteiger partial charge on any atom is 0.162 e. The van der Waals surface area contributed by atoms with E-state index in [-0.39, 0.29) is 0 Å². The molecule has 0 spiro atoms. The molecule has 0 fully saturated rings. The average Bonchev–Trinajstić information content (AvgIpc) is 2.18. The van der Waals surface area contributed by atoms with Gasteiger partial charge in [0.25, 0.3) is 0 Å². The first-order valence-electron chi connectivity index (χ1n) is 4.81. The molecular weight excluding hydrogens is 184 g/mol. The fourth-order valence-corrected chi connectivity index (χ4v) is 1.28. The average molecular weight is 199 g/mol. The third-order valence-corrected chi connectivity index (χ3v) is 2.18. The molecule has 1 nitrogen and oxygen atoms in total. The van der Waals surface area contributed by atoms with Gasteiger partial charge in [0.1, 0.15) is 0 Å². The highest BCUT2D eigenvalue weighted by atomic mass is 19.2. The van der Waals surface area contributed by atoms with E-state index in [1.807, 2.05) is 6.92 Å². The van der Waals surface area contributed by atoms with Crippen molar-refractivity contribution in [3.8, 4) is 0 Å². The quantitative estimate of drug-likeness (QED) is 0.734. The Morgan fingerprint density at radius 3 is 2.57 bits per heavy atom. The Morgan fingerprint density at radius 1 is 1.21 bits per heavy atom. The van der Waals surface area contributed by atoms with Gasteiger partial charge in [-0.3, -0.25) is 0 Å². The van der Waals surface area contributed by atoms with Crippen LogP contribution in [0.1, 0.15) is 18.1 Å². The summed E-state index contributed by atoms with van der Waals surface area (Å²) in [7, 11) is 0. The highest BCUT2D eigenvalue weighted by molar-refractivity contribution is 5.25. The van der Waals surface area contributed by atoms with Crippen molar-refractivity contribution in [2.24, 2.45) is 0 Å². The monoisotopic (exact) mass is 199 g/mol. The molecule has 0 heterocycles. The first kappa shape index (κ1) is 11.1. The lowest BCUT2D eigenvalue weighted by atomic mass is 10.1. The summed E-state index contributed by atoms with van der Waals surface area (Å²) in [6, 6.07) is 3.25. The van der Waals surface area contributed by atoms with Crippen LogP contribution in [-0.4, -0.2) is 13.1 Å². The van der Waals surface area contributed by atoms with E-state index in [1.165, 1.54) is 0 Å². The van der Waals surface area contributed by atoms with Crippen LogP contribution in [-0.2, 0) is 6.42 Å². The molecule has 0 bridgehead atoms. The molecule has 1 N–H and O–H groups in total. The Kier molecular flexibility index (Phi) is 4.01. The van der Waals surface area contributed by atoms with Crippen LogP contribution in [0.25, 0.3) is 0 Å². The second-order valence-electron chi connectivity index (χ2n) is 3.27. The van der Waals surface area contributed by atoms with Crippen molar-refractivity contribution in [2.75, 3.05) is 13.1 Å². The Bertz CT molecular complexity index is 310. The second kappa shape index (κ2) is 5.05. The predicted molar refractivity (Wildman–Crippen MR) is 53.3 cm³/mol. The molecule has 3 heteroatoms. The molecule has 0 amide bonds. The van der Waals surface area contributed by atoms with Gasteiger partial charge in [-0.05, 0) is 37.6 Å². The van der Waals surface area contributed by atoms with Gasteiger partial charge in [-0.2, -0.15) is 0 Å². The molecule has 0 aromatic heterocycles. The zero-order valence-electron chi connectivity index (χ0n) is 8.53. The molecule has 0 radical (unpaired) electrons. The van der Waals surface area contributed by atoms with E-state index in [0.29, 0.717) is 24.1 Å². The summed E-state index contributed by atoms with van der Waals surface area (Å²) in [5, 5.41) is 3.07. The van der Waals surface area contributed by atoms with Crippen LogP contribution >= 0.6 is 0 Å². The highest BCUT2D eigenvalue weighted by Gasteiger charge is 2.09. The number of nitrogens with one attached hydrogen (secondary N) is 1. The summed E-state index contributed by atoms with van der Waals surface area (Å²) in [5.74, 6) is -1.43. The lowest BCUT2D eigenvalue weighted by molar-refractivity contribution is 0.492. The number of halogens is 2. The summed E-state index contributed by atoms with van der Waals surface area (Å²) in [4.78, 5) is 0. The second-order valence-corrected chi connectivity index (χ2v) is 3.27. The molecule has 0 atom stereocenters. The van der Waals surface area contributed by atoms with Gasteiger partial charge in [-0.15, -0.1) is 0 Å². The van der Waals surface area contributed by atoms with Crippen LogP contribution in [0.3, 0.4) is 0 Å². The zero-order chi connectivity index (χ0) is 10.6. The molecule has 78 valence electrons. The van der Waals surface area contributed by atoms with Crippen molar-refractivity contribution >= 4 is 0 Å². The van der Waals surface area contributed by atoms with Gasteiger partial charge in [-0.25, -0.2) is 8.78 Å². The normalized spacial score (nSPS) is 10.6. The van der Waals surface area contributed by atoms with Crippen molar-refractivity contribution in [1.29, 1.82) is 0 Å². The van der Waals surface area contributed by atoms with E-state index in [9.17, 15) is 8.78 Å². The number of rotatable bonds is 4. The number of hydrogen-bond donors (Lipinski definition) is 1. The van der Waals surface area contributed by atoms with E-state index >= 15 is 0 Å². The van der Waals surface area contributed by atoms with Crippen molar-refractivity contribution in [3.63, 3.8) is 0 Å². The summed E-state index contributed by atoms with van der Waals surface area (Å²) < 4.78 is 26.4. The van der Waals surface area contributed by atoms with Gasteiger partial charge in [0.15, 0.2) is 11.6 Å². The molecule has 0 aliphatic heterocycles. The molecule has 1 aromatic rings.